The Balaban J connectivity index is 3.08. The highest BCUT2D eigenvalue weighted by Crippen LogP contribution is 2.21. The summed E-state index contributed by atoms with van der Waals surface area (Å²) in [6.07, 6.45) is 1.95. The highest BCUT2D eigenvalue weighted by atomic mass is 35.5. The quantitative estimate of drug-likeness (QED) is 0.660. The number of rotatable bonds is 2. The topological polar surface area (TPSA) is 0 Å². The van der Waals surface area contributed by atoms with Crippen LogP contribution in [0.4, 0.5) is 4.39 Å². The lowest BCUT2D eigenvalue weighted by molar-refractivity contribution is 0.615. The Morgan fingerprint density at radius 1 is 1.42 bits per heavy atom. The zero-order valence-electron chi connectivity index (χ0n) is 7.32. The van der Waals surface area contributed by atoms with Crippen LogP contribution in [0.5, 0.6) is 0 Å². The Hall–Kier alpha value is -0.560. The zero-order chi connectivity index (χ0) is 9.14. The summed E-state index contributed by atoms with van der Waals surface area (Å²) >= 11 is 5.61. The minimum Gasteiger partial charge on any atom is -0.205 e. The molecule has 0 atom stereocenters. The normalized spacial score (nSPS) is 10.3. The molecule has 0 saturated heterocycles. The van der Waals surface area contributed by atoms with Gasteiger partial charge in [-0.1, -0.05) is 31.0 Å². The minimum atomic E-state index is -0.275. The second-order valence-electron chi connectivity index (χ2n) is 2.90. The van der Waals surface area contributed by atoms with Crippen molar-refractivity contribution >= 4 is 11.6 Å². The van der Waals surface area contributed by atoms with Crippen LogP contribution < -0.4 is 0 Å². The van der Waals surface area contributed by atoms with Gasteiger partial charge in [0.1, 0.15) is 5.82 Å². The molecule has 0 aliphatic rings. The van der Waals surface area contributed by atoms with Crippen LogP contribution in [-0.4, -0.2) is 0 Å². The number of hydrogen-bond acceptors (Lipinski definition) is 0. The van der Waals surface area contributed by atoms with Crippen LogP contribution in [0.2, 0.25) is 5.02 Å². The van der Waals surface area contributed by atoms with Gasteiger partial charge in [-0.3, -0.25) is 0 Å². The van der Waals surface area contributed by atoms with Crippen molar-refractivity contribution < 1.29 is 4.39 Å². The van der Waals surface area contributed by atoms with Crippen LogP contribution in [0, 0.1) is 12.7 Å². The SMILES string of the molecule is CCCc1ccc(Cl)c(F)c1C. The van der Waals surface area contributed by atoms with Crippen molar-refractivity contribution in [1.82, 2.24) is 0 Å². The van der Waals surface area contributed by atoms with E-state index in [0.29, 0.717) is 5.56 Å². The fourth-order valence-electron chi connectivity index (χ4n) is 1.23. The predicted octanol–water partition coefficient (Wildman–Crippen LogP) is 3.74. The van der Waals surface area contributed by atoms with Gasteiger partial charge in [0.15, 0.2) is 0 Å². The molecule has 1 aromatic carbocycles. The molecule has 1 aromatic rings. The number of halogens is 2. The molecule has 66 valence electrons. The summed E-state index contributed by atoms with van der Waals surface area (Å²) in [5.74, 6) is -0.275. The summed E-state index contributed by atoms with van der Waals surface area (Å²) in [5.41, 5.74) is 1.74. The summed E-state index contributed by atoms with van der Waals surface area (Å²) in [6, 6.07) is 3.51. The Kier molecular flexibility index (Phi) is 3.10. The van der Waals surface area contributed by atoms with Gasteiger partial charge in [-0.15, -0.1) is 0 Å². The second kappa shape index (κ2) is 3.90. The maximum Gasteiger partial charge on any atom is 0.144 e. The largest absolute Gasteiger partial charge is 0.205 e. The fraction of sp³-hybridized carbons (Fsp3) is 0.400. The minimum absolute atomic E-state index is 0.215. The van der Waals surface area contributed by atoms with Gasteiger partial charge >= 0.3 is 0 Å². The number of hydrogen-bond donors (Lipinski definition) is 0. The lowest BCUT2D eigenvalue weighted by Crippen LogP contribution is -1.92. The van der Waals surface area contributed by atoms with Crippen LogP contribution >= 0.6 is 11.6 Å². The van der Waals surface area contributed by atoms with Crippen molar-refractivity contribution in [2.75, 3.05) is 0 Å². The van der Waals surface area contributed by atoms with Crippen molar-refractivity contribution in [2.24, 2.45) is 0 Å². The van der Waals surface area contributed by atoms with E-state index < -0.39 is 0 Å². The lowest BCUT2D eigenvalue weighted by Gasteiger charge is -2.05. The molecular weight excluding hydrogens is 175 g/mol. The molecule has 0 amide bonds. The van der Waals surface area contributed by atoms with Crippen molar-refractivity contribution in [3.8, 4) is 0 Å². The third-order valence-electron chi connectivity index (χ3n) is 1.97. The van der Waals surface area contributed by atoms with Crippen LogP contribution in [0.3, 0.4) is 0 Å². The van der Waals surface area contributed by atoms with Gasteiger partial charge in [-0.25, -0.2) is 4.39 Å². The van der Waals surface area contributed by atoms with Crippen molar-refractivity contribution in [1.29, 1.82) is 0 Å². The van der Waals surface area contributed by atoms with Crippen LogP contribution in [0.1, 0.15) is 24.5 Å². The van der Waals surface area contributed by atoms with Crippen LogP contribution in [-0.2, 0) is 6.42 Å². The molecule has 0 aliphatic heterocycles. The van der Waals surface area contributed by atoms with E-state index in [0.717, 1.165) is 18.4 Å². The number of benzene rings is 1. The van der Waals surface area contributed by atoms with Gasteiger partial charge in [-0.05, 0) is 30.5 Å². The Morgan fingerprint density at radius 3 is 2.67 bits per heavy atom. The van der Waals surface area contributed by atoms with E-state index in [4.69, 9.17) is 11.6 Å². The van der Waals surface area contributed by atoms with E-state index in [2.05, 4.69) is 6.92 Å². The Bertz CT molecular complexity index is 281. The molecule has 0 fully saturated rings. The highest BCUT2D eigenvalue weighted by Gasteiger charge is 2.06. The molecule has 0 radical (unpaired) electrons. The van der Waals surface area contributed by atoms with Gasteiger partial charge in [0, 0.05) is 0 Å². The van der Waals surface area contributed by atoms with Gasteiger partial charge in [-0.2, -0.15) is 0 Å². The summed E-state index contributed by atoms with van der Waals surface area (Å²) in [5, 5.41) is 0.215. The third kappa shape index (κ3) is 1.78. The smallest absolute Gasteiger partial charge is 0.144 e. The summed E-state index contributed by atoms with van der Waals surface area (Å²) in [7, 11) is 0. The van der Waals surface area contributed by atoms with Gasteiger partial charge in [0.2, 0.25) is 0 Å². The first-order chi connectivity index (χ1) is 5.66. The summed E-state index contributed by atoms with van der Waals surface area (Å²) in [6.45, 7) is 3.85. The van der Waals surface area contributed by atoms with E-state index in [9.17, 15) is 4.39 Å². The molecule has 0 aliphatic carbocycles. The molecule has 0 N–H and O–H groups in total. The maximum absolute atomic E-state index is 13.2. The molecule has 0 bridgehead atoms. The molecular formula is C10H12ClF. The van der Waals surface area contributed by atoms with E-state index >= 15 is 0 Å². The standard InChI is InChI=1S/C10H12ClF/c1-3-4-8-5-6-9(11)10(12)7(8)2/h5-6H,3-4H2,1-2H3. The molecule has 0 nitrogen and oxygen atoms in total. The van der Waals surface area contributed by atoms with Crippen LogP contribution in [0.25, 0.3) is 0 Å². The van der Waals surface area contributed by atoms with Gasteiger partial charge in [0.25, 0.3) is 0 Å². The van der Waals surface area contributed by atoms with Gasteiger partial charge < -0.3 is 0 Å². The van der Waals surface area contributed by atoms with E-state index in [-0.39, 0.29) is 10.8 Å². The second-order valence-corrected chi connectivity index (χ2v) is 3.30. The Morgan fingerprint density at radius 2 is 2.08 bits per heavy atom. The monoisotopic (exact) mass is 186 g/mol. The average molecular weight is 187 g/mol. The summed E-state index contributed by atoms with van der Waals surface area (Å²) < 4.78 is 13.2. The van der Waals surface area contributed by atoms with E-state index in [1.165, 1.54) is 0 Å². The van der Waals surface area contributed by atoms with Crippen molar-refractivity contribution in [2.45, 2.75) is 26.7 Å². The summed E-state index contributed by atoms with van der Waals surface area (Å²) in [4.78, 5) is 0. The van der Waals surface area contributed by atoms with Crippen LogP contribution in [0.15, 0.2) is 12.1 Å². The third-order valence-corrected chi connectivity index (χ3v) is 2.26. The molecule has 1 rings (SSSR count). The molecule has 0 unspecified atom stereocenters. The lowest BCUT2D eigenvalue weighted by atomic mass is 10.0. The maximum atomic E-state index is 13.2. The molecule has 0 aromatic heterocycles. The van der Waals surface area contributed by atoms with Crippen molar-refractivity contribution in [3.63, 3.8) is 0 Å². The van der Waals surface area contributed by atoms with E-state index in [1.54, 1.807) is 13.0 Å². The molecule has 0 saturated carbocycles. The average Bonchev–Trinajstić information content (AvgIpc) is 2.07. The number of aryl methyl sites for hydroxylation is 1. The molecule has 12 heavy (non-hydrogen) atoms. The first-order valence-electron chi connectivity index (χ1n) is 4.10. The molecule has 0 heterocycles. The van der Waals surface area contributed by atoms with Gasteiger partial charge in [0.05, 0.1) is 5.02 Å². The predicted molar refractivity (Wildman–Crippen MR) is 50.1 cm³/mol. The van der Waals surface area contributed by atoms with E-state index in [1.807, 2.05) is 6.07 Å². The van der Waals surface area contributed by atoms with Crippen molar-refractivity contribution in [3.05, 3.63) is 34.1 Å². The first-order valence-corrected chi connectivity index (χ1v) is 4.48. The fourth-order valence-corrected chi connectivity index (χ4v) is 1.44. The highest BCUT2D eigenvalue weighted by molar-refractivity contribution is 6.30. The Labute approximate surface area is 77.4 Å². The molecule has 2 heteroatoms. The zero-order valence-corrected chi connectivity index (χ0v) is 8.08. The first kappa shape index (κ1) is 9.53. The molecule has 0 spiro atoms.